The lowest BCUT2D eigenvalue weighted by atomic mass is 9.73. The molecule has 1 N–H and O–H groups in total. The largest absolute Gasteiger partial charge is 0.384 e. The quantitative estimate of drug-likeness (QED) is 0.835. The molecule has 4 bridgehead atoms. The average Bonchev–Trinajstić information content (AvgIpc) is 2.59. The second-order valence-corrected chi connectivity index (χ2v) is 8.37. The van der Waals surface area contributed by atoms with Crippen LogP contribution in [-0.2, 0) is 14.2 Å². The highest BCUT2D eigenvalue weighted by Crippen LogP contribution is 2.38. The fourth-order valence-electron chi connectivity index (χ4n) is 5.06. The minimum Gasteiger partial charge on any atom is -0.384 e. The smallest absolute Gasteiger partial charge is 0.0581 e. The van der Waals surface area contributed by atoms with Crippen LogP contribution in [0.2, 0.25) is 0 Å². The maximum absolute atomic E-state index is 6.20. The minimum absolute atomic E-state index is 0.267. The van der Waals surface area contributed by atoms with Crippen LogP contribution in [0.1, 0.15) is 64.2 Å². The van der Waals surface area contributed by atoms with Gasteiger partial charge in [0.1, 0.15) is 0 Å². The molecule has 4 heteroatoms. The molecule has 4 nitrogen and oxygen atoms in total. The van der Waals surface area contributed by atoms with Gasteiger partial charge in [-0.2, -0.15) is 0 Å². The van der Waals surface area contributed by atoms with E-state index in [0.29, 0.717) is 12.2 Å². The number of methoxy groups -OCH3 is 1. The molecular weight excluding hydrogens is 302 g/mol. The van der Waals surface area contributed by atoms with Gasteiger partial charge in [0.15, 0.2) is 0 Å². The lowest BCUT2D eigenvalue weighted by Gasteiger charge is -2.40. The summed E-state index contributed by atoms with van der Waals surface area (Å²) in [6.45, 7) is 4.78. The standard InChI is InChI=1S/C20H37NO3/c1-22-16-20-9-3-7-19(14-20)24-12-4-11-23-18-6-2-5-17(13-18)8-10-21-15-20/h17-19,21H,2-16H2,1H3. The molecule has 3 rings (SSSR count). The van der Waals surface area contributed by atoms with Crippen molar-refractivity contribution in [2.24, 2.45) is 11.3 Å². The first-order chi connectivity index (χ1) is 11.8. The molecule has 1 aliphatic heterocycles. The molecule has 0 spiro atoms. The van der Waals surface area contributed by atoms with E-state index in [1.165, 1.54) is 51.4 Å². The summed E-state index contributed by atoms with van der Waals surface area (Å²) < 4.78 is 17.9. The number of hydrogen-bond acceptors (Lipinski definition) is 4. The Morgan fingerprint density at radius 2 is 1.83 bits per heavy atom. The fourth-order valence-corrected chi connectivity index (χ4v) is 5.06. The van der Waals surface area contributed by atoms with Crippen LogP contribution in [0.3, 0.4) is 0 Å². The molecule has 1 saturated heterocycles. The third-order valence-electron chi connectivity index (χ3n) is 6.30. The third-order valence-corrected chi connectivity index (χ3v) is 6.30. The monoisotopic (exact) mass is 339 g/mol. The first-order valence-corrected chi connectivity index (χ1v) is 10.2. The molecule has 24 heavy (non-hydrogen) atoms. The molecule has 3 aliphatic rings. The van der Waals surface area contributed by atoms with Gasteiger partial charge in [0.05, 0.1) is 18.8 Å². The molecule has 140 valence electrons. The Bertz CT molecular complexity index is 361. The summed E-state index contributed by atoms with van der Waals surface area (Å²) in [4.78, 5) is 0. The van der Waals surface area contributed by atoms with E-state index in [4.69, 9.17) is 14.2 Å². The summed E-state index contributed by atoms with van der Waals surface area (Å²) in [5.41, 5.74) is 0.267. The van der Waals surface area contributed by atoms with Crippen molar-refractivity contribution < 1.29 is 14.2 Å². The number of ether oxygens (including phenoxy) is 3. The average molecular weight is 340 g/mol. The van der Waals surface area contributed by atoms with Crippen LogP contribution in [0.4, 0.5) is 0 Å². The van der Waals surface area contributed by atoms with Gasteiger partial charge in [-0.05, 0) is 57.4 Å². The molecule has 4 atom stereocenters. The van der Waals surface area contributed by atoms with Crippen molar-refractivity contribution in [1.29, 1.82) is 0 Å². The molecule has 0 amide bonds. The molecule has 0 radical (unpaired) electrons. The summed E-state index contributed by atoms with van der Waals surface area (Å²) in [6, 6.07) is 0. The van der Waals surface area contributed by atoms with E-state index in [0.717, 1.165) is 51.7 Å². The van der Waals surface area contributed by atoms with E-state index in [-0.39, 0.29) is 5.41 Å². The molecular formula is C20H37NO3. The predicted molar refractivity (Wildman–Crippen MR) is 96.3 cm³/mol. The summed E-state index contributed by atoms with van der Waals surface area (Å²) in [5.74, 6) is 0.843. The van der Waals surface area contributed by atoms with Gasteiger partial charge in [0.2, 0.25) is 0 Å². The van der Waals surface area contributed by atoms with Crippen LogP contribution in [0.15, 0.2) is 0 Å². The first-order valence-electron chi connectivity index (χ1n) is 10.2. The van der Waals surface area contributed by atoms with Crippen molar-refractivity contribution in [3.8, 4) is 0 Å². The van der Waals surface area contributed by atoms with Gasteiger partial charge in [-0.15, -0.1) is 0 Å². The topological polar surface area (TPSA) is 39.7 Å². The second-order valence-electron chi connectivity index (χ2n) is 8.37. The van der Waals surface area contributed by atoms with Crippen molar-refractivity contribution in [2.75, 3.05) is 40.0 Å². The Morgan fingerprint density at radius 3 is 2.71 bits per heavy atom. The zero-order chi connectivity index (χ0) is 16.7. The molecule has 0 aromatic rings. The zero-order valence-electron chi connectivity index (χ0n) is 15.6. The fraction of sp³-hybridized carbons (Fsp3) is 1.00. The Morgan fingerprint density at radius 1 is 1.00 bits per heavy atom. The van der Waals surface area contributed by atoms with Gasteiger partial charge in [-0.1, -0.05) is 19.3 Å². The number of hydrogen-bond donors (Lipinski definition) is 1. The van der Waals surface area contributed by atoms with E-state index in [2.05, 4.69) is 5.32 Å². The van der Waals surface area contributed by atoms with Crippen LogP contribution in [0.5, 0.6) is 0 Å². The van der Waals surface area contributed by atoms with Gasteiger partial charge in [0.25, 0.3) is 0 Å². The van der Waals surface area contributed by atoms with E-state index in [9.17, 15) is 0 Å². The zero-order valence-corrected chi connectivity index (χ0v) is 15.6. The molecule has 0 aromatic heterocycles. The molecule has 2 aliphatic carbocycles. The number of fused-ring (bicyclic) bond motifs is 4. The number of nitrogens with one attached hydrogen (secondary N) is 1. The second kappa shape index (κ2) is 9.51. The highest BCUT2D eigenvalue weighted by molar-refractivity contribution is 4.89. The maximum Gasteiger partial charge on any atom is 0.0581 e. The molecule has 1 heterocycles. The normalized spacial score (nSPS) is 39.6. The molecule has 4 unspecified atom stereocenters. The maximum atomic E-state index is 6.20. The Kier molecular flexibility index (Phi) is 7.38. The Balaban J connectivity index is 1.59. The van der Waals surface area contributed by atoms with Crippen LogP contribution < -0.4 is 5.32 Å². The Hall–Kier alpha value is -0.160. The van der Waals surface area contributed by atoms with Crippen molar-refractivity contribution >= 4 is 0 Å². The lowest BCUT2D eigenvalue weighted by molar-refractivity contribution is -0.0507. The van der Waals surface area contributed by atoms with Gasteiger partial charge in [-0.3, -0.25) is 0 Å². The highest BCUT2D eigenvalue weighted by atomic mass is 16.5. The van der Waals surface area contributed by atoms with E-state index in [1.807, 2.05) is 7.11 Å². The van der Waals surface area contributed by atoms with Crippen LogP contribution >= 0.6 is 0 Å². The SMILES string of the molecule is COCC12CCCC(C1)OCCCOC1CCCC(CCNC2)C1. The van der Waals surface area contributed by atoms with Gasteiger partial charge >= 0.3 is 0 Å². The summed E-state index contributed by atoms with van der Waals surface area (Å²) in [7, 11) is 1.84. The van der Waals surface area contributed by atoms with E-state index < -0.39 is 0 Å². The lowest BCUT2D eigenvalue weighted by Crippen LogP contribution is -2.44. The van der Waals surface area contributed by atoms with Crippen LogP contribution in [0, 0.1) is 11.3 Å². The Labute approximate surface area is 148 Å². The van der Waals surface area contributed by atoms with Crippen LogP contribution in [-0.4, -0.2) is 52.2 Å². The van der Waals surface area contributed by atoms with Gasteiger partial charge in [-0.25, -0.2) is 0 Å². The summed E-state index contributed by atoms with van der Waals surface area (Å²) in [6.07, 6.45) is 13.3. The molecule has 2 saturated carbocycles. The van der Waals surface area contributed by atoms with Crippen molar-refractivity contribution in [3.05, 3.63) is 0 Å². The molecule has 3 fully saturated rings. The highest BCUT2D eigenvalue weighted by Gasteiger charge is 2.36. The van der Waals surface area contributed by atoms with E-state index >= 15 is 0 Å². The van der Waals surface area contributed by atoms with Crippen LogP contribution in [0.25, 0.3) is 0 Å². The van der Waals surface area contributed by atoms with Crippen molar-refractivity contribution in [2.45, 2.75) is 76.4 Å². The minimum atomic E-state index is 0.267. The van der Waals surface area contributed by atoms with Gasteiger partial charge < -0.3 is 19.5 Å². The van der Waals surface area contributed by atoms with Crippen molar-refractivity contribution in [1.82, 2.24) is 5.32 Å². The van der Waals surface area contributed by atoms with Gasteiger partial charge in [0, 0.05) is 32.3 Å². The first kappa shape index (κ1) is 18.6. The third kappa shape index (κ3) is 5.42. The predicted octanol–water partition coefficient (Wildman–Crippen LogP) is 3.54. The van der Waals surface area contributed by atoms with Crippen molar-refractivity contribution in [3.63, 3.8) is 0 Å². The summed E-state index contributed by atoms with van der Waals surface area (Å²) in [5, 5.41) is 3.76. The van der Waals surface area contributed by atoms with E-state index in [1.54, 1.807) is 0 Å². The summed E-state index contributed by atoms with van der Waals surface area (Å²) >= 11 is 0. The number of rotatable bonds is 2. The molecule has 0 aromatic carbocycles.